The largest absolute Gasteiger partial charge is 0.497 e. The number of ether oxygens (including phenoxy) is 1. The normalized spacial score (nSPS) is 17.9. The summed E-state index contributed by atoms with van der Waals surface area (Å²) in [7, 11) is 1.51. The van der Waals surface area contributed by atoms with Crippen molar-refractivity contribution in [2.75, 3.05) is 18.6 Å². The average molecular weight is 291 g/mol. The van der Waals surface area contributed by atoms with Crippen molar-refractivity contribution < 1.29 is 19.4 Å². The lowest BCUT2D eigenvalue weighted by molar-refractivity contribution is -0.146. The van der Waals surface area contributed by atoms with Gasteiger partial charge in [0.25, 0.3) is 0 Å². The summed E-state index contributed by atoms with van der Waals surface area (Å²) in [6.45, 7) is -0.136. The lowest BCUT2D eigenvalue weighted by Crippen LogP contribution is -2.43. The van der Waals surface area contributed by atoms with E-state index in [-0.39, 0.29) is 18.8 Å². The molecule has 0 radical (unpaired) electrons. The second-order valence-corrected chi connectivity index (χ2v) is 4.87. The Hall–Kier alpha value is -2.57. The highest BCUT2D eigenvalue weighted by atomic mass is 16.5. The van der Waals surface area contributed by atoms with Gasteiger partial charge in [-0.25, -0.2) is 0 Å². The van der Waals surface area contributed by atoms with Gasteiger partial charge in [0.1, 0.15) is 17.5 Å². The molecule has 1 aliphatic heterocycles. The van der Waals surface area contributed by atoms with Crippen LogP contribution in [0.15, 0.2) is 18.2 Å². The second kappa shape index (κ2) is 5.82. The van der Waals surface area contributed by atoms with E-state index >= 15 is 0 Å². The van der Waals surface area contributed by atoms with Gasteiger partial charge in [0.15, 0.2) is 0 Å². The molecule has 2 rings (SSSR count). The fourth-order valence-corrected chi connectivity index (χ4v) is 2.43. The van der Waals surface area contributed by atoms with Gasteiger partial charge < -0.3 is 20.5 Å². The highest BCUT2D eigenvalue weighted by Gasteiger charge is 2.35. The van der Waals surface area contributed by atoms with Crippen molar-refractivity contribution in [1.82, 2.24) is 0 Å². The maximum absolute atomic E-state index is 12.4. The van der Waals surface area contributed by atoms with Gasteiger partial charge >= 0.3 is 5.97 Å². The maximum atomic E-state index is 12.4. The first-order chi connectivity index (χ1) is 9.93. The third-order valence-corrected chi connectivity index (χ3v) is 3.48. The summed E-state index contributed by atoms with van der Waals surface area (Å²) < 4.78 is 5.14. The number of aliphatic carboxylic acids is 1. The van der Waals surface area contributed by atoms with E-state index in [1.807, 2.05) is 0 Å². The Bertz CT molecular complexity index is 600. The molecule has 0 bridgehead atoms. The second-order valence-electron chi connectivity index (χ2n) is 4.87. The molecule has 4 N–H and O–H groups in total. The fraction of sp³-hybridized carbons (Fsp3) is 0.357. The van der Waals surface area contributed by atoms with Gasteiger partial charge in [-0.15, -0.1) is 0 Å². The Morgan fingerprint density at radius 3 is 2.86 bits per heavy atom. The molecule has 1 unspecified atom stereocenters. The summed E-state index contributed by atoms with van der Waals surface area (Å²) in [4.78, 5) is 25.0. The number of anilines is 1. The first-order valence-corrected chi connectivity index (χ1v) is 6.48. The molecule has 112 valence electrons. The van der Waals surface area contributed by atoms with Crippen LogP contribution in [-0.4, -0.2) is 36.5 Å². The van der Waals surface area contributed by atoms with Crippen LogP contribution in [0.3, 0.4) is 0 Å². The molecule has 7 heteroatoms. The van der Waals surface area contributed by atoms with Crippen molar-refractivity contribution in [3.05, 3.63) is 23.8 Å². The van der Waals surface area contributed by atoms with Crippen molar-refractivity contribution in [2.45, 2.75) is 12.8 Å². The number of carbonyl (C=O) groups excluding carboxylic acids is 1. The zero-order valence-electron chi connectivity index (χ0n) is 11.6. The number of rotatable bonds is 4. The number of methoxy groups -OCH3 is 1. The molecule has 21 heavy (non-hydrogen) atoms. The number of carboxylic acids is 1. The number of amides is 1. The molecule has 1 aromatic carbocycles. The molecule has 1 atom stereocenters. The van der Waals surface area contributed by atoms with E-state index in [0.717, 1.165) is 5.56 Å². The SMILES string of the molecule is COc1ccc2c(c1)N(CC(=N)N)C(=O)C(C(=O)O)CC2. The number of hydrogen-bond acceptors (Lipinski definition) is 4. The first kappa shape index (κ1) is 14.8. The third-order valence-electron chi connectivity index (χ3n) is 3.48. The number of fused-ring (bicyclic) bond motifs is 1. The molecule has 0 aromatic heterocycles. The van der Waals surface area contributed by atoms with Crippen LogP contribution in [0.4, 0.5) is 5.69 Å². The number of nitrogens with zero attached hydrogens (tertiary/aromatic N) is 1. The third kappa shape index (κ3) is 2.96. The summed E-state index contributed by atoms with van der Waals surface area (Å²) in [5, 5.41) is 16.6. The Morgan fingerprint density at radius 2 is 2.29 bits per heavy atom. The zero-order valence-corrected chi connectivity index (χ0v) is 11.6. The summed E-state index contributed by atoms with van der Waals surface area (Å²) >= 11 is 0. The van der Waals surface area contributed by atoms with Gasteiger partial charge in [0.05, 0.1) is 19.3 Å². The molecule has 0 saturated heterocycles. The van der Waals surface area contributed by atoms with E-state index in [9.17, 15) is 14.7 Å². The minimum Gasteiger partial charge on any atom is -0.497 e. The Balaban J connectivity index is 2.50. The summed E-state index contributed by atoms with van der Waals surface area (Å²) in [5.74, 6) is -2.48. The van der Waals surface area contributed by atoms with E-state index in [4.69, 9.17) is 15.9 Å². The monoisotopic (exact) mass is 291 g/mol. The summed E-state index contributed by atoms with van der Waals surface area (Å²) in [6, 6.07) is 5.23. The number of aryl methyl sites for hydroxylation is 1. The molecule has 0 spiro atoms. The highest BCUT2D eigenvalue weighted by molar-refractivity contribution is 6.09. The topological polar surface area (TPSA) is 117 Å². The predicted octanol–water partition coefficient (Wildman–Crippen LogP) is 0.611. The molecule has 7 nitrogen and oxygen atoms in total. The van der Waals surface area contributed by atoms with E-state index in [0.29, 0.717) is 17.9 Å². The van der Waals surface area contributed by atoms with Crippen LogP contribution < -0.4 is 15.4 Å². The first-order valence-electron chi connectivity index (χ1n) is 6.48. The highest BCUT2D eigenvalue weighted by Crippen LogP contribution is 2.32. The molecular formula is C14H17N3O4. The van der Waals surface area contributed by atoms with E-state index < -0.39 is 17.8 Å². The van der Waals surface area contributed by atoms with Gasteiger partial charge in [0, 0.05) is 6.07 Å². The van der Waals surface area contributed by atoms with E-state index in [2.05, 4.69) is 0 Å². The number of nitrogens with two attached hydrogens (primary N) is 1. The van der Waals surface area contributed by atoms with Crippen LogP contribution in [0.25, 0.3) is 0 Å². The van der Waals surface area contributed by atoms with Gasteiger partial charge in [-0.05, 0) is 24.5 Å². The molecule has 0 fully saturated rings. The van der Waals surface area contributed by atoms with Crippen molar-refractivity contribution in [1.29, 1.82) is 5.41 Å². The van der Waals surface area contributed by atoms with Gasteiger partial charge in [-0.2, -0.15) is 0 Å². The molecule has 1 aromatic rings. The molecule has 0 saturated carbocycles. The summed E-state index contributed by atoms with van der Waals surface area (Å²) in [6.07, 6.45) is 0.693. The van der Waals surface area contributed by atoms with Crippen LogP contribution in [0, 0.1) is 11.3 Å². The van der Waals surface area contributed by atoms with Crippen molar-refractivity contribution >= 4 is 23.4 Å². The Labute approximate surface area is 121 Å². The van der Waals surface area contributed by atoms with E-state index in [1.165, 1.54) is 12.0 Å². The quantitative estimate of drug-likeness (QED) is 0.427. The van der Waals surface area contributed by atoms with Crippen LogP contribution in [0.2, 0.25) is 0 Å². The number of benzene rings is 1. The lowest BCUT2D eigenvalue weighted by atomic mass is 10.0. The maximum Gasteiger partial charge on any atom is 0.316 e. The summed E-state index contributed by atoms with van der Waals surface area (Å²) in [5.41, 5.74) is 6.79. The number of carbonyl (C=O) groups is 2. The number of hydrogen-bond donors (Lipinski definition) is 3. The molecule has 1 heterocycles. The zero-order chi connectivity index (χ0) is 15.6. The Morgan fingerprint density at radius 1 is 1.57 bits per heavy atom. The number of nitrogens with one attached hydrogen (secondary N) is 1. The molecule has 1 amide bonds. The molecule has 0 aliphatic carbocycles. The van der Waals surface area contributed by atoms with Gasteiger partial charge in [-0.1, -0.05) is 6.07 Å². The van der Waals surface area contributed by atoms with Crippen LogP contribution in [0.1, 0.15) is 12.0 Å². The minimum absolute atomic E-state index is 0.136. The van der Waals surface area contributed by atoms with Crippen molar-refractivity contribution in [3.63, 3.8) is 0 Å². The number of carboxylic acid groups (broad SMARTS) is 1. The van der Waals surface area contributed by atoms with Crippen LogP contribution >= 0.6 is 0 Å². The van der Waals surface area contributed by atoms with Gasteiger partial charge in [0.2, 0.25) is 5.91 Å². The smallest absolute Gasteiger partial charge is 0.316 e. The van der Waals surface area contributed by atoms with Crippen LogP contribution in [0.5, 0.6) is 5.75 Å². The van der Waals surface area contributed by atoms with Crippen molar-refractivity contribution in [2.24, 2.45) is 11.7 Å². The minimum atomic E-state index is -1.16. The standard InChI is InChI=1S/C14H17N3O4/c1-21-9-4-2-8-3-5-10(14(19)20)13(18)17(7-12(15)16)11(8)6-9/h2,4,6,10H,3,5,7H2,1H3,(H3,15,16)(H,19,20). The lowest BCUT2D eigenvalue weighted by Gasteiger charge is -2.24. The predicted molar refractivity (Wildman–Crippen MR) is 76.7 cm³/mol. The van der Waals surface area contributed by atoms with E-state index in [1.54, 1.807) is 18.2 Å². The van der Waals surface area contributed by atoms with Crippen LogP contribution in [-0.2, 0) is 16.0 Å². The molecule has 1 aliphatic rings. The Kier molecular flexibility index (Phi) is 4.11. The number of amidine groups is 1. The fourth-order valence-electron chi connectivity index (χ4n) is 2.43. The van der Waals surface area contributed by atoms with Gasteiger partial charge in [-0.3, -0.25) is 15.0 Å². The average Bonchev–Trinajstić information content (AvgIpc) is 2.56. The molecular weight excluding hydrogens is 274 g/mol. The van der Waals surface area contributed by atoms with Crippen molar-refractivity contribution in [3.8, 4) is 5.75 Å².